The normalized spacial score (nSPS) is 15.9. The molecule has 0 radical (unpaired) electrons. The molecule has 0 aliphatic carbocycles. The second-order valence-corrected chi connectivity index (χ2v) is 7.32. The van der Waals surface area contributed by atoms with E-state index in [1.807, 2.05) is 31.2 Å². The molecule has 2 N–H and O–H groups in total. The van der Waals surface area contributed by atoms with E-state index in [9.17, 15) is 0 Å². The largest absolute Gasteiger partial charge is 0.497 e. The van der Waals surface area contributed by atoms with Crippen LogP contribution in [0.3, 0.4) is 0 Å². The van der Waals surface area contributed by atoms with E-state index < -0.39 is 0 Å². The summed E-state index contributed by atoms with van der Waals surface area (Å²) in [4.78, 5) is 6.86. The minimum absolute atomic E-state index is 0.217. The van der Waals surface area contributed by atoms with Crippen molar-refractivity contribution in [2.24, 2.45) is 4.99 Å². The standard InChI is InChI=1S/C24H34N4O3/c1-4-31-22-7-5-6-19(16-22)17-26-24(25-2)27-18-23(28-12-14-30-15-13-28)20-8-10-21(29-3)11-9-20/h5-11,16,23H,4,12-15,17-18H2,1-3H3,(H2,25,26,27). The number of rotatable bonds is 9. The zero-order valence-electron chi connectivity index (χ0n) is 18.8. The summed E-state index contributed by atoms with van der Waals surface area (Å²) in [7, 11) is 3.48. The molecule has 1 aliphatic heterocycles. The first kappa shape index (κ1) is 22.9. The first-order chi connectivity index (χ1) is 15.2. The molecule has 1 atom stereocenters. The van der Waals surface area contributed by atoms with E-state index in [4.69, 9.17) is 14.2 Å². The van der Waals surface area contributed by atoms with Crippen LogP contribution in [0, 0.1) is 0 Å². The number of morpholine rings is 1. The third kappa shape index (κ3) is 6.87. The summed E-state index contributed by atoms with van der Waals surface area (Å²) >= 11 is 0. The number of nitrogens with zero attached hydrogens (tertiary/aromatic N) is 2. The Morgan fingerprint density at radius 2 is 1.87 bits per heavy atom. The van der Waals surface area contributed by atoms with Gasteiger partial charge in [0.05, 0.1) is 33.0 Å². The number of methoxy groups -OCH3 is 1. The van der Waals surface area contributed by atoms with Crippen molar-refractivity contribution in [2.75, 3.05) is 53.6 Å². The van der Waals surface area contributed by atoms with Crippen LogP contribution in [0.15, 0.2) is 53.5 Å². The SMILES string of the molecule is CCOc1cccc(CNC(=NC)NCC(c2ccc(OC)cc2)N2CCOCC2)c1. The molecular weight excluding hydrogens is 392 g/mol. The molecule has 2 aromatic rings. The van der Waals surface area contributed by atoms with Gasteiger partial charge in [0.2, 0.25) is 0 Å². The fourth-order valence-electron chi connectivity index (χ4n) is 3.68. The number of ether oxygens (including phenoxy) is 3. The van der Waals surface area contributed by atoms with Crippen molar-refractivity contribution in [1.29, 1.82) is 0 Å². The Morgan fingerprint density at radius 1 is 1.10 bits per heavy atom. The molecule has 0 aromatic heterocycles. The fourth-order valence-corrected chi connectivity index (χ4v) is 3.68. The van der Waals surface area contributed by atoms with Gasteiger partial charge in [-0.2, -0.15) is 0 Å². The third-order valence-electron chi connectivity index (χ3n) is 5.34. The average molecular weight is 427 g/mol. The van der Waals surface area contributed by atoms with E-state index in [-0.39, 0.29) is 6.04 Å². The Labute approximate surface area is 185 Å². The molecule has 1 heterocycles. The predicted molar refractivity (Wildman–Crippen MR) is 124 cm³/mol. The Kier molecular flexibility index (Phi) is 8.99. The van der Waals surface area contributed by atoms with Crippen molar-refractivity contribution in [1.82, 2.24) is 15.5 Å². The molecule has 1 fully saturated rings. The van der Waals surface area contributed by atoms with E-state index in [0.717, 1.165) is 55.9 Å². The fraction of sp³-hybridized carbons (Fsp3) is 0.458. The van der Waals surface area contributed by atoms with Gasteiger partial charge in [0, 0.05) is 33.2 Å². The lowest BCUT2D eigenvalue weighted by Gasteiger charge is -2.35. The lowest BCUT2D eigenvalue weighted by Crippen LogP contribution is -2.46. The van der Waals surface area contributed by atoms with Gasteiger partial charge in [-0.25, -0.2) is 0 Å². The molecule has 0 amide bonds. The summed E-state index contributed by atoms with van der Waals surface area (Å²) in [6.07, 6.45) is 0. The summed E-state index contributed by atoms with van der Waals surface area (Å²) in [6.45, 7) is 7.41. The molecule has 3 rings (SSSR count). The minimum Gasteiger partial charge on any atom is -0.497 e. The van der Waals surface area contributed by atoms with Crippen molar-refractivity contribution >= 4 is 5.96 Å². The van der Waals surface area contributed by atoms with E-state index in [1.165, 1.54) is 5.56 Å². The third-order valence-corrected chi connectivity index (χ3v) is 5.34. The van der Waals surface area contributed by atoms with Gasteiger partial charge in [-0.15, -0.1) is 0 Å². The lowest BCUT2D eigenvalue weighted by atomic mass is 10.0. The number of guanidine groups is 1. The van der Waals surface area contributed by atoms with Crippen LogP contribution >= 0.6 is 0 Å². The van der Waals surface area contributed by atoms with Crippen LogP contribution in [0.5, 0.6) is 11.5 Å². The summed E-state index contributed by atoms with van der Waals surface area (Å²) < 4.78 is 16.5. The average Bonchev–Trinajstić information content (AvgIpc) is 2.82. The summed E-state index contributed by atoms with van der Waals surface area (Å²) in [5.74, 6) is 2.52. The highest BCUT2D eigenvalue weighted by atomic mass is 16.5. The van der Waals surface area contributed by atoms with Crippen LogP contribution in [0.2, 0.25) is 0 Å². The van der Waals surface area contributed by atoms with Crippen LogP contribution in [-0.2, 0) is 11.3 Å². The maximum Gasteiger partial charge on any atom is 0.191 e. The molecule has 31 heavy (non-hydrogen) atoms. The number of hydrogen-bond donors (Lipinski definition) is 2. The first-order valence-corrected chi connectivity index (χ1v) is 10.9. The van der Waals surface area contributed by atoms with Crippen LogP contribution in [0.25, 0.3) is 0 Å². The van der Waals surface area contributed by atoms with Gasteiger partial charge in [0.25, 0.3) is 0 Å². The van der Waals surface area contributed by atoms with Crippen LogP contribution < -0.4 is 20.1 Å². The molecule has 1 saturated heterocycles. The molecular formula is C24H34N4O3. The molecule has 7 heteroatoms. The predicted octanol–water partition coefficient (Wildman–Crippen LogP) is 2.83. The first-order valence-electron chi connectivity index (χ1n) is 10.9. The molecule has 0 bridgehead atoms. The Morgan fingerprint density at radius 3 is 2.55 bits per heavy atom. The molecule has 168 valence electrons. The molecule has 1 unspecified atom stereocenters. The van der Waals surface area contributed by atoms with Gasteiger partial charge in [0.1, 0.15) is 11.5 Å². The van der Waals surface area contributed by atoms with Gasteiger partial charge < -0.3 is 24.8 Å². The van der Waals surface area contributed by atoms with Gasteiger partial charge in [-0.1, -0.05) is 24.3 Å². The summed E-state index contributed by atoms with van der Waals surface area (Å²) in [5, 5.41) is 6.90. The zero-order chi connectivity index (χ0) is 21.9. The van der Waals surface area contributed by atoms with Gasteiger partial charge in [0.15, 0.2) is 5.96 Å². The maximum absolute atomic E-state index is 5.59. The monoisotopic (exact) mass is 426 g/mol. The van der Waals surface area contributed by atoms with E-state index >= 15 is 0 Å². The molecule has 0 spiro atoms. The Hall–Kier alpha value is -2.77. The van der Waals surface area contributed by atoms with E-state index in [1.54, 1.807) is 14.2 Å². The second kappa shape index (κ2) is 12.2. The highest BCUT2D eigenvalue weighted by Crippen LogP contribution is 2.23. The van der Waals surface area contributed by atoms with Crippen molar-refractivity contribution in [3.8, 4) is 11.5 Å². The van der Waals surface area contributed by atoms with Gasteiger partial charge in [-0.05, 0) is 42.3 Å². The van der Waals surface area contributed by atoms with Gasteiger partial charge in [-0.3, -0.25) is 9.89 Å². The lowest BCUT2D eigenvalue weighted by molar-refractivity contribution is 0.0170. The van der Waals surface area contributed by atoms with Crippen molar-refractivity contribution in [3.05, 3.63) is 59.7 Å². The van der Waals surface area contributed by atoms with Crippen LogP contribution in [0.1, 0.15) is 24.1 Å². The number of aliphatic imine (C=N–C) groups is 1. The van der Waals surface area contributed by atoms with Crippen LogP contribution in [-0.4, -0.2) is 64.5 Å². The second-order valence-electron chi connectivity index (χ2n) is 7.32. The van der Waals surface area contributed by atoms with Crippen molar-refractivity contribution in [3.63, 3.8) is 0 Å². The number of nitrogens with one attached hydrogen (secondary N) is 2. The van der Waals surface area contributed by atoms with Crippen LogP contribution in [0.4, 0.5) is 0 Å². The minimum atomic E-state index is 0.217. The number of hydrogen-bond acceptors (Lipinski definition) is 5. The van der Waals surface area contributed by atoms with Crippen molar-refractivity contribution in [2.45, 2.75) is 19.5 Å². The van der Waals surface area contributed by atoms with E-state index in [0.29, 0.717) is 13.2 Å². The van der Waals surface area contributed by atoms with Crippen molar-refractivity contribution < 1.29 is 14.2 Å². The smallest absolute Gasteiger partial charge is 0.191 e. The summed E-state index contributed by atoms with van der Waals surface area (Å²) in [5.41, 5.74) is 2.39. The topological polar surface area (TPSA) is 67.3 Å². The molecule has 7 nitrogen and oxygen atoms in total. The Bertz CT molecular complexity index is 820. The zero-order valence-corrected chi connectivity index (χ0v) is 18.8. The molecule has 2 aromatic carbocycles. The van der Waals surface area contributed by atoms with E-state index in [2.05, 4.69) is 44.8 Å². The van der Waals surface area contributed by atoms with Gasteiger partial charge >= 0.3 is 0 Å². The highest BCUT2D eigenvalue weighted by Gasteiger charge is 2.23. The number of benzene rings is 2. The quantitative estimate of drug-likeness (QED) is 0.475. The molecule has 0 saturated carbocycles. The maximum atomic E-state index is 5.59. The highest BCUT2D eigenvalue weighted by molar-refractivity contribution is 5.79. The Balaban J connectivity index is 1.62. The molecule has 1 aliphatic rings. The summed E-state index contributed by atoms with van der Waals surface area (Å²) in [6, 6.07) is 16.6.